The largest absolute Gasteiger partial charge is 0.491 e. The van der Waals surface area contributed by atoms with E-state index in [2.05, 4.69) is 11.4 Å². The van der Waals surface area contributed by atoms with Crippen LogP contribution >= 0.6 is 0 Å². The molecular weight excluding hydrogens is 268 g/mol. The number of benzene rings is 2. The fraction of sp³-hybridized carbons (Fsp3) is 0.125. The number of anilines is 1. The van der Waals surface area contributed by atoms with Crippen molar-refractivity contribution in [3.63, 3.8) is 0 Å². The van der Waals surface area contributed by atoms with Crippen molar-refractivity contribution in [2.45, 2.75) is 0 Å². The molecule has 0 saturated carbocycles. The average Bonchev–Trinajstić information content (AvgIpc) is 2.52. The Morgan fingerprint density at radius 1 is 1.24 bits per heavy atom. The van der Waals surface area contributed by atoms with E-state index in [9.17, 15) is 4.79 Å². The molecule has 0 fully saturated rings. The number of ether oxygens (including phenoxy) is 1. The molecule has 106 valence electrons. The first-order valence-electron chi connectivity index (χ1n) is 6.40. The molecule has 2 aromatic carbocycles. The first kappa shape index (κ1) is 14.4. The first-order chi connectivity index (χ1) is 10.2. The highest BCUT2D eigenvalue weighted by Gasteiger charge is 2.09. The van der Waals surface area contributed by atoms with Gasteiger partial charge in [0.05, 0.1) is 11.6 Å². The summed E-state index contributed by atoms with van der Waals surface area (Å²) < 4.78 is 5.47. The van der Waals surface area contributed by atoms with E-state index in [1.54, 1.807) is 36.4 Å². The normalized spacial score (nSPS) is 9.67. The van der Waals surface area contributed by atoms with Crippen LogP contribution in [-0.4, -0.2) is 24.2 Å². The summed E-state index contributed by atoms with van der Waals surface area (Å²) in [4.78, 5) is 11.0. The summed E-state index contributed by atoms with van der Waals surface area (Å²) in [6.07, 6.45) is 0. The Balaban J connectivity index is 1.88. The van der Waals surface area contributed by atoms with Crippen LogP contribution in [0.4, 0.5) is 5.69 Å². The highest BCUT2D eigenvalue weighted by molar-refractivity contribution is 5.90. The molecule has 0 atom stereocenters. The van der Waals surface area contributed by atoms with E-state index < -0.39 is 5.97 Å². The van der Waals surface area contributed by atoms with Crippen molar-refractivity contribution in [2.75, 3.05) is 18.5 Å². The average molecular weight is 282 g/mol. The zero-order chi connectivity index (χ0) is 15.1. The maximum absolute atomic E-state index is 11.0. The number of carbonyl (C=O) groups is 1. The molecule has 0 aliphatic carbocycles. The highest BCUT2D eigenvalue weighted by Crippen LogP contribution is 2.17. The topological polar surface area (TPSA) is 82.3 Å². The number of nitrogens with zero attached hydrogens (tertiary/aromatic N) is 1. The minimum absolute atomic E-state index is 0.143. The molecule has 2 N–H and O–H groups in total. The van der Waals surface area contributed by atoms with Crippen molar-refractivity contribution in [3.8, 4) is 11.8 Å². The zero-order valence-corrected chi connectivity index (χ0v) is 11.2. The molecule has 2 aromatic rings. The van der Waals surface area contributed by atoms with Crippen molar-refractivity contribution in [3.05, 3.63) is 59.7 Å². The molecule has 5 nitrogen and oxygen atoms in total. The second-order valence-corrected chi connectivity index (χ2v) is 4.27. The van der Waals surface area contributed by atoms with Gasteiger partial charge in [0.1, 0.15) is 17.9 Å². The van der Waals surface area contributed by atoms with Gasteiger partial charge in [-0.1, -0.05) is 18.2 Å². The van der Waals surface area contributed by atoms with Crippen LogP contribution in [0.25, 0.3) is 0 Å². The quantitative estimate of drug-likeness (QED) is 0.796. The number of nitrogens with one attached hydrogen (secondary N) is 1. The predicted octanol–water partition coefficient (Wildman–Crippen LogP) is 2.75. The lowest BCUT2D eigenvalue weighted by Gasteiger charge is -2.10. The van der Waals surface area contributed by atoms with Crippen LogP contribution in [0.2, 0.25) is 0 Å². The molecule has 2 rings (SSSR count). The van der Waals surface area contributed by atoms with Crippen molar-refractivity contribution in [1.29, 1.82) is 5.26 Å². The molecular formula is C16H14N2O3. The molecule has 0 saturated heterocycles. The Morgan fingerprint density at radius 3 is 2.81 bits per heavy atom. The SMILES string of the molecule is N#Cc1cccc(NCCOc2ccccc2C(=O)O)c1. The third-order valence-corrected chi connectivity index (χ3v) is 2.80. The summed E-state index contributed by atoms with van der Waals surface area (Å²) >= 11 is 0. The van der Waals surface area contributed by atoms with Crippen LogP contribution in [0, 0.1) is 11.3 Å². The van der Waals surface area contributed by atoms with Gasteiger partial charge >= 0.3 is 5.97 Å². The van der Waals surface area contributed by atoms with E-state index in [1.165, 1.54) is 6.07 Å². The lowest BCUT2D eigenvalue weighted by atomic mass is 10.2. The number of hydrogen-bond acceptors (Lipinski definition) is 4. The Bertz CT molecular complexity index is 677. The number of carboxylic acid groups (broad SMARTS) is 1. The number of aromatic carboxylic acids is 1. The molecule has 0 aliphatic rings. The first-order valence-corrected chi connectivity index (χ1v) is 6.40. The number of nitriles is 1. The van der Waals surface area contributed by atoms with Gasteiger partial charge in [0, 0.05) is 12.2 Å². The third kappa shape index (κ3) is 3.98. The van der Waals surface area contributed by atoms with Gasteiger partial charge in [-0.25, -0.2) is 4.79 Å². The number of carboxylic acids is 1. The molecule has 0 unspecified atom stereocenters. The lowest BCUT2D eigenvalue weighted by molar-refractivity contribution is 0.0692. The summed E-state index contributed by atoms with van der Waals surface area (Å²) in [5.41, 5.74) is 1.55. The standard InChI is InChI=1S/C16H14N2O3/c17-11-12-4-3-5-13(10-12)18-8-9-21-15-7-2-1-6-14(15)16(19)20/h1-7,10,18H,8-9H2,(H,19,20). The molecule has 0 heterocycles. The lowest BCUT2D eigenvalue weighted by Crippen LogP contribution is -2.13. The zero-order valence-electron chi connectivity index (χ0n) is 11.2. The van der Waals surface area contributed by atoms with Gasteiger partial charge in [0.15, 0.2) is 0 Å². The van der Waals surface area contributed by atoms with Crippen molar-refractivity contribution in [2.24, 2.45) is 0 Å². The van der Waals surface area contributed by atoms with Crippen LogP contribution in [-0.2, 0) is 0 Å². The number of para-hydroxylation sites is 1. The van der Waals surface area contributed by atoms with Crippen molar-refractivity contribution in [1.82, 2.24) is 0 Å². The van der Waals surface area contributed by atoms with Gasteiger partial charge in [-0.2, -0.15) is 5.26 Å². The molecule has 5 heteroatoms. The van der Waals surface area contributed by atoms with Crippen LogP contribution in [0.3, 0.4) is 0 Å². The Kier molecular flexibility index (Phi) is 4.78. The Hall–Kier alpha value is -3.00. The van der Waals surface area contributed by atoms with E-state index in [0.717, 1.165) is 5.69 Å². The molecule has 21 heavy (non-hydrogen) atoms. The molecule has 0 spiro atoms. The van der Waals surface area contributed by atoms with Gasteiger partial charge in [0.25, 0.3) is 0 Å². The second kappa shape index (κ2) is 6.96. The highest BCUT2D eigenvalue weighted by atomic mass is 16.5. The molecule has 0 radical (unpaired) electrons. The Morgan fingerprint density at radius 2 is 2.05 bits per heavy atom. The Labute approximate surface area is 122 Å². The summed E-state index contributed by atoms with van der Waals surface area (Å²) in [5, 5.41) is 21.0. The monoisotopic (exact) mass is 282 g/mol. The van der Waals surface area contributed by atoms with E-state index in [1.807, 2.05) is 6.07 Å². The number of hydrogen-bond donors (Lipinski definition) is 2. The van der Waals surface area contributed by atoms with Crippen molar-refractivity contribution < 1.29 is 14.6 Å². The predicted molar refractivity (Wildman–Crippen MR) is 78.5 cm³/mol. The summed E-state index contributed by atoms with van der Waals surface area (Å²) in [6, 6.07) is 15.7. The van der Waals surface area contributed by atoms with E-state index in [0.29, 0.717) is 24.5 Å². The second-order valence-electron chi connectivity index (χ2n) is 4.27. The number of rotatable bonds is 6. The molecule has 0 amide bonds. The maximum Gasteiger partial charge on any atom is 0.339 e. The molecule has 0 bridgehead atoms. The molecule has 0 aliphatic heterocycles. The van der Waals surface area contributed by atoms with E-state index in [-0.39, 0.29) is 5.56 Å². The van der Waals surface area contributed by atoms with Gasteiger partial charge < -0.3 is 15.2 Å². The van der Waals surface area contributed by atoms with E-state index >= 15 is 0 Å². The van der Waals surface area contributed by atoms with Crippen LogP contribution < -0.4 is 10.1 Å². The minimum atomic E-state index is -1.01. The fourth-order valence-corrected chi connectivity index (χ4v) is 1.82. The van der Waals surface area contributed by atoms with Crippen LogP contribution in [0.5, 0.6) is 5.75 Å². The van der Waals surface area contributed by atoms with Gasteiger partial charge in [-0.3, -0.25) is 0 Å². The van der Waals surface area contributed by atoms with Crippen molar-refractivity contribution >= 4 is 11.7 Å². The van der Waals surface area contributed by atoms with Gasteiger partial charge in [-0.05, 0) is 30.3 Å². The van der Waals surface area contributed by atoms with Crippen LogP contribution in [0.1, 0.15) is 15.9 Å². The third-order valence-electron chi connectivity index (χ3n) is 2.80. The maximum atomic E-state index is 11.0. The van der Waals surface area contributed by atoms with Gasteiger partial charge in [-0.15, -0.1) is 0 Å². The fourth-order valence-electron chi connectivity index (χ4n) is 1.82. The summed E-state index contributed by atoms with van der Waals surface area (Å²) in [5.74, 6) is -0.669. The molecule has 0 aromatic heterocycles. The smallest absolute Gasteiger partial charge is 0.339 e. The van der Waals surface area contributed by atoms with Gasteiger partial charge in [0.2, 0.25) is 0 Å². The van der Waals surface area contributed by atoms with E-state index in [4.69, 9.17) is 15.1 Å². The van der Waals surface area contributed by atoms with Crippen LogP contribution in [0.15, 0.2) is 48.5 Å². The minimum Gasteiger partial charge on any atom is -0.491 e. The summed E-state index contributed by atoms with van der Waals surface area (Å²) in [7, 11) is 0. The summed E-state index contributed by atoms with van der Waals surface area (Å²) in [6.45, 7) is 0.823.